The molecule has 29 nitrogen and oxygen atoms in total. The van der Waals surface area contributed by atoms with Gasteiger partial charge in [0.25, 0.3) is 0 Å². The Labute approximate surface area is 555 Å². The largest absolute Gasteiger partial charge is 0.459 e. The van der Waals surface area contributed by atoms with Crippen LogP contribution in [0.3, 0.4) is 0 Å². The molecule has 0 radical (unpaired) electrons. The maximum atomic E-state index is 12.8. The molecule has 0 spiro atoms. The number of ether oxygens (including phenoxy) is 17. The van der Waals surface area contributed by atoms with Gasteiger partial charge in [-0.1, -0.05) is 31.6 Å². The number of aliphatic hydroxyl groups is 11. The zero-order valence-electron chi connectivity index (χ0n) is 56.8. The zero-order chi connectivity index (χ0) is 69.1. The molecule has 10 rings (SSSR count). The van der Waals surface area contributed by atoms with Crippen molar-refractivity contribution in [1.82, 2.24) is 0 Å². The number of rotatable bonds is 21. The molecule has 6 aliphatic heterocycles. The van der Waals surface area contributed by atoms with E-state index >= 15 is 0 Å². The molecule has 3 saturated carbocycles. The summed E-state index contributed by atoms with van der Waals surface area (Å²) in [5, 5.41) is 122. The van der Waals surface area contributed by atoms with Crippen LogP contribution in [0.15, 0.2) is 23.3 Å². The molecular weight excluding hydrogens is 1260 g/mol. The van der Waals surface area contributed by atoms with Crippen LogP contribution in [-0.4, -0.2) is 300 Å². The van der Waals surface area contributed by atoms with Crippen molar-refractivity contribution < 1.29 is 141 Å². The molecule has 95 heavy (non-hydrogen) atoms. The van der Waals surface area contributed by atoms with Gasteiger partial charge in [0.05, 0.1) is 67.6 Å². The first-order chi connectivity index (χ1) is 45.0. The summed E-state index contributed by atoms with van der Waals surface area (Å²) in [5.41, 5.74) is -0.418. The van der Waals surface area contributed by atoms with Crippen LogP contribution in [0.4, 0.5) is 0 Å². The minimum absolute atomic E-state index is 0.0554. The van der Waals surface area contributed by atoms with Crippen molar-refractivity contribution in [3.63, 3.8) is 0 Å². The van der Waals surface area contributed by atoms with Crippen LogP contribution in [0.5, 0.6) is 0 Å². The van der Waals surface area contributed by atoms with E-state index in [1.807, 2.05) is 20.8 Å². The highest BCUT2D eigenvalue weighted by Gasteiger charge is 2.71. The van der Waals surface area contributed by atoms with E-state index in [9.17, 15) is 61.0 Å². The first kappa shape index (κ1) is 75.5. The number of esters is 1. The summed E-state index contributed by atoms with van der Waals surface area (Å²) in [7, 11) is 5.83. The molecule has 0 aromatic heterocycles. The molecule has 11 N–H and O–H groups in total. The molecule has 0 amide bonds. The second-order valence-corrected chi connectivity index (χ2v) is 28.6. The third-order valence-electron chi connectivity index (χ3n) is 23.4. The Kier molecular flexibility index (Phi) is 24.5. The second-order valence-electron chi connectivity index (χ2n) is 28.6. The summed E-state index contributed by atoms with van der Waals surface area (Å²) < 4.78 is 104. The third-order valence-corrected chi connectivity index (χ3v) is 23.4. The van der Waals surface area contributed by atoms with Crippen LogP contribution >= 0.6 is 0 Å². The molecule has 0 aromatic rings. The Balaban J connectivity index is 0.701. The van der Waals surface area contributed by atoms with Crippen LogP contribution < -0.4 is 0 Å². The molecule has 9 fully saturated rings. The van der Waals surface area contributed by atoms with Crippen LogP contribution in [0.25, 0.3) is 0 Å². The maximum absolute atomic E-state index is 12.8. The Morgan fingerprint density at radius 2 is 1.06 bits per heavy atom. The Hall–Kier alpha value is -2.13. The van der Waals surface area contributed by atoms with Crippen molar-refractivity contribution in [1.29, 1.82) is 0 Å². The van der Waals surface area contributed by atoms with Crippen LogP contribution in [-0.2, 0) is 85.3 Å². The van der Waals surface area contributed by atoms with Crippen molar-refractivity contribution >= 4 is 5.97 Å². The predicted octanol–water partition coefficient (Wildman–Crippen LogP) is -0.360. The molecule has 6 heterocycles. The molecular formula is C66H108O29. The number of fused-ring (bicyclic) bond motifs is 5. The standard InChI is InChI=1S/C66H108O29/c1-14-27(2)59(77)85-28(3)35-18-20-66(78)36-16-15-33-21-34(17-19-64(33,8)37(36)22-42(69)65(35,66)9)88-43-23-38(79-10)52(29(4)83-43)91-44-24-39(80-11)53(30(5)84-44)92-62-50(75)57(81-12)55(32(7)86-62)94-63-51(76)58(82-13)54(31(6)87-63)93-61-49(74)47(72)56(41(26-68)90-61)95-60-48(73)46(71)45(70)40(25-67)89-60/h14-15,28-32,34-58,60-63,67-76,78H,16-26H2,1-13H3/b27-14+/t28-,29-,30-,31-,32-,34+,35-,36-,37+,38+,39+,40-,41-,42-,43+,44+,45-,46+,47-,48-,49-,50-,51-,52+,53+,54-,55-,56-,57-,58+,60+,61+,62+,63+,64+,65+,66+/m1/s1. The molecule has 0 aromatic carbocycles. The summed E-state index contributed by atoms with van der Waals surface area (Å²) in [6, 6.07) is 0. The molecule has 4 aliphatic carbocycles. The summed E-state index contributed by atoms with van der Waals surface area (Å²) >= 11 is 0. The van der Waals surface area contributed by atoms with E-state index in [4.69, 9.17) is 80.5 Å². The highest BCUT2D eigenvalue weighted by atomic mass is 16.8. The van der Waals surface area contributed by atoms with E-state index in [1.54, 1.807) is 54.9 Å². The summed E-state index contributed by atoms with van der Waals surface area (Å²) in [6.07, 6.45) is -26.2. The minimum Gasteiger partial charge on any atom is -0.459 e. The van der Waals surface area contributed by atoms with Crippen molar-refractivity contribution in [2.75, 3.05) is 41.7 Å². The number of carbonyl (C=O) groups is 1. The lowest BCUT2D eigenvalue weighted by Gasteiger charge is -2.63. The van der Waals surface area contributed by atoms with Crippen molar-refractivity contribution in [2.24, 2.45) is 28.6 Å². The Morgan fingerprint density at radius 3 is 1.60 bits per heavy atom. The first-order valence-electron chi connectivity index (χ1n) is 33.9. The van der Waals surface area contributed by atoms with E-state index < -0.39 is 208 Å². The van der Waals surface area contributed by atoms with Gasteiger partial charge < -0.3 is 137 Å². The summed E-state index contributed by atoms with van der Waals surface area (Å²) in [6.45, 7) is 15.1. The zero-order valence-corrected chi connectivity index (χ0v) is 56.8. The fourth-order valence-electron chi connectivity index (χ4n) is 17.6. The highest BCUT2D eigenvalue weighted by molar-refractivity contribution is 5.87. The number of hydrogen-bond acceptors (Lipinski definition) is 29. The highest BCUT2D eigenvalue weighted by Crippen LogP contribution is 2.69. The van der Waals surface area contributed by atoms with E-state index in [2.05, 4.69) is 13.0 Å². The maximum Gasteiger partial charge on any atom is 0.333 e. The molecule has 6 saturated heterocycles. The minimum atomic E-state index is -1.89. The summed E-state index contributed by atoms with van der Waals surface area (Å²) in [5.74, 6) is -0.580. The lowest BCUT2D eigenvalue weighted by Crippen LogP contribution is -2.67. The molecule has 546 valence electrons. The van der Waals surface area contributed by atoms with Gasteiger partial charge in [-0.2, -0.15) is 0 Å². The normalized spacial score (nSPS) is 51.6. The summed E-state index contributed by atoms with van der Waals surface area (Å²) in [4.78, 5) is 12.8. The number of methoxy groups -OCH3 is 4. The van der Waals surface area contributed by atoms with E-state index in [0.29, 0.717) is 44.1 Å². The number of hydrogen-bond donors (Lipinski definition) is 11. The molecule has 10 aliphatic rings. The first-order valence-corrected chi connectivity index (χ1v) is 33.9. The van der Waals surface area contributed by atoms with E-state index in [0.717, 1.165) is 12.8 Å². The second kappa shape index (κ2) is 30.8. The van der Waals surface area contributed by atoms with E-state index in [-0.39, 0.29) is 41.7 Å². The van der Waals surface area contributed by atoms with Gasteiger partial charge in [-0.15, -0.1) is 0 Å². The molecule has 29 heteroatoms. The topological polar surface area (TPSA) is 397 Å². The Morgan fingerprint density at radius 1 is 0.568 bits per heavy atom. The SMILES string of the molecule is C/C=C(\C)C(=O)O[C@H](C)[C@H]1CC[C@]2(O)[C@@H]3CC=C4C[C@@H](O[C@H]5C[C@H](OC)[C@@H](O[C@H]6C[C@H](OC)[C@@H](O[C@@H]7O[C@H](C)[C@@H](O[C@@H]8O[C@H](C)[C@@H](O[C@@H]9O[C@H](CO)[C@@H](O[C@@H]%10O[C@H](CO)[C@@H](O)[C@H](O)[C@H]%10O)[C@H](O)[C@H]9O)[C@@H](OC)[C@H]8O)[C@H](OC)[C@H]7O)[C@@H](C)O6)[C@@H](C)O5)CC[C@]4(C)[C@H]3C[C@@H](O)[C@]12C. The van der Waals surface area contributed by atoms with Gasteiger partial charge in [0, 0.05) is 58.2 Å². The molecule has 37 atom stereocenters. The molecule has 0 bridgehead atoms. The smallest absolute Gasteiger partial charge is 0.333 e. The quantitative estimate of drug-likeness (QED) is 0.0397. The molecule has 0 unspecified atom stereocenters. The van der Waals surface area contributed by atoms with Gasteiger partial charge in [-0.3, -0.25) is 0 Å². The fourth-order valence-corrected chi connectivity index (χ4v) is 17.6. The van der Waals surface area contributed by atoms with Gasteiger partial charge in [-0.25, -0.2) is 4.79 Å². The lowest BCUT2D eigenvalue weighted by atomic mass is 9.45. The Bertz CT molecular complexity index is 2580. The average Bonchev–Trinajstić information content (AvgIpc) is 1.62. The number of aliphatic hydroxyl groups excluding tert-OH is 10. The predicted molar refractivity (Wildman–Crippen MR) is 326 cm³/mol. The fraction of sp³-hybridized carbons (Fsp3) is 0.924. The van der Waals surface area contributed by atoms with Gasteiger partial charge in [0.2, 0.25) is 0 Å². The number of carbonyl (C=O) groups excluding carboxylic acids is 1. The third kappa shape index (κ3) is 14.3. The van der Waals surface area contributed by atoms with Crippen LogP contribution in [0.1, 0.15) is 120 Å². The van der Waals surface area contributed by atoms with Crippen molar-refractivity contribution in [2.45, 2.75) is 316 Å². The van der Waals surface area contributed by atoms with Gasteiger partial charge in [0.1, 0.15) is 104 Å². The monoisotopic (exact) mass is 1360 g/mol. The lowest BCUT2D eigenvalue weighted by molar-refractivity contribution is -0.389. The van der Waals surface area contributed by atoms with Crippen LogP contribution in [0.2, 0.25) is 0 Å². The van der Waals surface area contributed by atoms with Crippen LogP contribution in [0, 0.1) is 28.6 Å². The van der Waals surface area contributed by atoms with E-state index in [1.165, 1.54) is 19.8 Å². The van der Waals surface area contributed by atoms with Crippen molar-refractivity contribution in [3.05, 3.63) is 23.3 Å². The number of allylic oxidation sites excluding steroid dienone is 2. The van der Waals surface area contributed by atoms with Gasteiger partial charge in [0.15, 0.2) is 37.7 Å². The average molecular weight is 1370 g/mol. The van der Waals surface area contributed by atoms with Gasteiger partial charge in [-0.05, 0) is 111 Å². The van der Waals surface area contributed by atoms with Gasteiger partial charge >= 0.3 is 5.97 Å². The van der Waals surface area contributed by atoms with Crippen molar-refractivity contribution in [3.8, 4) is 0 Å².